The lowest BCUT2D eigenvalue weighted by Gasteiger charge is -2.18. The predicted molar refractivity (Wildman–Crippen MR) is 115 cm³/mol. The number of nitrogens with zero attached hydrogens (tertiary/aromatic N) is 2. The molecule has 6 nitrogen and oxygen atoms in total. The van der Waals surface area contributed by atoms with E-state index < -0.39 is 0 Å². The SMILES string of the molecule is CCNC(=NCc1ccc(OC)c(OC)c1)NCCN(C)Cc1ccccc1. The summed E-state index contributed by atoms with van der Waals surface area (Å²) in [6.45, 7) is 6.13. The standard InChI is InChI=1S/C22H32N4O2/c1-5-23-22(24-13-14-26(2)17-18-9-7-6-8-10-18)25-16-19-11-12-20(27-3)21(15-19)28-4/h6-12,15H,5,13-14,16-17H2,1-4H3,(H2,23,24,25). The van der Waals surface area contributed by atoms with E-state index in [0.717, 1.165) is 49.2 Å². The van der Waals surface area contributed by atoms with Gasteiger partial charge in [0.15, 0.2) is 17.5 Å². The van der Waals surface area contributed by atoms with Crippen molar-refractivity contribution in [3.8, 4) is 11.5 Å². The zero-order chi connectivity index (χ0) is 20.2. The molecule has 152 valence electrons. The van der Waals surface area contributed by atoms with Crippen LogP contribution < -0.4 is 20.1 Å². The summed E-state index contributed by atoms with van der Waals surface area (Å²) in [5.41, 5.74) is 2.38. The first-order chi connectivity index (χ1) is 13.7. The highest BCUT2D eigenvalue weighted by Crippen LogP contribution is 2.27. The second kappa shape index (κ2) is 11.9. The Labute approximate surface area is 168 Å². The third-order valence-corrected chi connectivity index (χ3v) is 4.29. The molecule has 2 rings (SSSR count). The third kappa shape index (κ3) is 7.12. The van der Waals surface area contributed by atoms with E-state index in [1.165, 1.54) is 5.56 Å². The smallest absolute Gasteiger partial charge is 0.191 e. The van der Waals surface area contributed by atoms with Crippen LogP contribution in [0.2, 0.25) is 0 Å². The summed E-state index contributed by atoms with van der Waals surface area (Å²) >= 11 is 0. The second-order valence-corrected chi connectivity index (χ2v) is 6.53. The van der Waals surface area contributed by atoms with Gasteiger partial charge in [0.05, 0.1) is 20.8 Å². The van der Waals surface area contributed by atoms with Gasteiger partial charge in [-0.25, -0.2) is 4.99 Å². The molecule has 0 heterocycles. The number of likely N-dealkylation sites (N-methyl/N-ethyl adjacent to an activating group) is 1. The minimum Gasteiger partial charge on any atom is -0.493 e. The Kier molecular flexibility index (Phi) is 9.15. The maximum absolute atomic E-state index is 5.36. The molecule has 0 unspecified atom stereocenters. The molecule has 28 heavy (non-hydrogen) atoms. The average Bonchev–Trinajstić information content (AvgIpc) is 2.72. The van der Waals surface area contributed by atoms with Gasteiger partial charge in [-0.05, 0) is 37.2 Å². The van der Waals surface area contributed by atoms with E-state index in [2.05, 4.69) is 58.8 Å². The number of ether oxygens (including phenoxy) is 2. The fourth-order valence-electron chi connectivity index (χ4n) is 2.83. The van der Waals surface area contributed by atoms with E-state index >= 15 is 0 Å². The van der Waals surface area contributed by atoms with E-state index in [4.69, 9.17) is 9.47 Å². The van der Waals surface area contributed by atoms with Gasteiger partial charge in [-0.1, -0.05) is 36.4 Å². The molecule has 0 aliphatic heterocycles. The summed E-state index contributed by atoms with van der Waals surface area (Å²) in [5.74, 6) is 2.25. The van der Waals surface area contributed by atoms with E-state index in [9.17, 15) is 0 Å². The molecule has 0 radical (unpaired) electrons. The lowest BCUT2D eigenvalue weighted by atomic mass is 10.2. The zero-order valence-electron chi connectivity index (χ0n) is 17.4. The number of rotatable bonds is 10. The molecule has 6 heteroatoms. The van der Waals surface area contributed by atoms with Crippen molar-refractivity contribution in [2.45, 2.75) is 20.0 Å². The summed E-state index contributed by atoms with van der Waals surface area (Å²) in [6, 6.07) is 16.4. The zero-order valence-corrected chi connectivity index (χ0v) is 17.4. The van der Waals surface area contributed by atoms with Crippen LogP contribution in [-0.2, 0) is 13.1 Å². The molecule has 0 aliphatic rings. The van der Waals surface area contributed by atoms with Crippen molar-refractivity contribution >= 4 is 5.96 Å². The maximum atomic E-state index is 5.36. The highest BCUT2D eigenvalue weighted by atomic mass is 16.5. The number of hydrogen-bond acceptors (Lipinski definition) is 4. The highest BCUT2D eigenvalue weighted by molar-refractivity contribution is 5.79. The van der Waals surface area contributed by atoms with Crippen LogP contribution in [0.15, 0.2) is 53.5 Å². The van der Waals surface area contributed by atoms with Gasteiger partial charge < -0.3 is 25.0 Å². The van der Waals surface area contributed by atoms with E-state index in [0.29, 0.717) is 6.54 Å². The van der Waals surface area contributed by atoms with Crippen LogP contribution in [0.5, 0.6) is 11.5 Å². The monoisotopic (exact) mass is 384 g/mol. The lowest BCUT2D eigenvalue weighted by molar-refractivity contribution is 0.331. The van der Waals surface area contributed by atoms with Crippen molar-refractivity contribution < 1.29 is 9.47 Å². The van der Waals surface area contributed by atoms with Crippen LogP contribution in [0.3, 0.4) is 0 Å². The van der Waals surface area contributed by atoms with E-state index in [-0.39, 0.29) is 0 Å². The molecular weight excluding hydrogens is 352 g/mol. The van der Waals surface area contributed by atoms with Crippen LogP contribution in [0.25, 0.3) is 0 Å². The first-order valence-corrected chi connectivity index (χ1v) is 9.61. The largest absolute Gasteiger partial charge is 0.493 e. The Balaban J connectivity index is 1.86. The van der Waals surface area contributed by atoms with Gasteiger partial charge in [0, 0.05) is 26.2 Å². The molecule has 0 saturated carbocycles. The van der Waals surface area contributed by atoms with Crippen molar-refractivity contribution in [3.05, 3.63) is 59.7 Å². The number of guanidine groups is 1. The second-order valence-electron chi connectivity index (χ2n) is 6.53. The normalized spacial score (nSPS) is 11.4. The Morgan fingerprint density at radius 2 is 1.71 bits per heavy atom. The predicted octanol–water partition coefficient (Wildman–Crippen LogP) is 2.89. The van der Waals surface area contributed by atoms with Crippen LogP contribution in [0, 0.1) is 0 Å². The van der Waals surface area contributed by atoms with Gasteiger partial charge in [-0.2, -0.15) is 0 Å². The quantitative estimate of drug-likeness (QED) is 0.487. The van der Waals surface area contributed by atoms with Crippen LogP contribution in [-0.4, -0.2) is 51.8 Å². The lowest BCUT2D eigenvalue weighted by Crippen LogP contribution is -2.40. The topological polar surface area (TPSA) is 58.1 Å². The van der Waals surface area contributed by atoms with Crippen molar-refractivity contribution in [3.63, 3.8) is 0 Å². The van der Waals surface area contributed by atoms with Crippen molar-refractivity contribution in [2.24, 2.45) is 4.99 Å². The van der Waals surface area contributed by atoms with Gasteiger partial charge in [-0.15, -0.1) is 0 Å². The molecule has 0 spiro atoms. The molecule has 0 aliphatic carbocycles. The molecule has 0 saturated heterocycles. The molecule has 0 bridgehead atoms. The maximum Gasteiger partial charge on any atom is 0.191 e. The molecule has 2 aromatic carbocycles. The summed E-state index contributed by atoms with van der Waals surface area (Å²) in [7, 11) is 5.41. The van der Waals surface area contributed by atoms with E-state index in [1.807, 2.05) is 24.3 Å². The first-order valence-electron chi connectivity index (χ1n) is 9.61. The minimum absolute atomic E-state index is 0.565. The summed E-state index contributed by atoms with van der Waals surface area (Å²) in [6.07, 6.45) is 0. The van der Waals surface area contributed by atoms with Crippen molar-refractivity contribution in [2.75, 3.05) is 40.9 Å². The van der Waals surface area contributed by atoms with Gasteiger partial charge in [-0.3, -0.25) is 0 Å². The summed E-state index contributed by atoms with van der Waals surface area (Å²) in [5, 5.41) is 6.69. The molecular formula is C22H32N4O2. The number of benzene rings is 2. The molecule has 2 aromatic rings. The van der Waals surface area contributed by atoms with Crippen molar-refractivity contribution in [1.29, 1.82) is 0 Å². The highest BCUT2D eigenvalue weighted by Gasteiger charge is 2.05. The molecule has 0 atom stereocenters. The summed E-state index contributed by atoms with van der Waals surface area (Å²) in [4.78, 5) is 6.97. The van der Waals surface area contributed by atoms with Gasteiger partial charge >= 0.3 is 0 Å². The number of aliphatic imine (C=N–C) groups is 1. The molecule has 0 fully saturated rings. The minimum atomic E-state index is 0.565. The van der Waals surface area contributed by atoms with Crippen LogP contribution in [0.1, 0.15) is 18.1 Å². The van der Waals surface area contributed by atoms with E-state index in [1.54, 1.807) is 14.2 Å². The molecule has 0 amide bonds. The number of nitrogens with one attached hydrogen (secondary N) is 2. The first kappa shape index (κ1) is 21.6. The Morgan fingerprint density at radius 3 is 2.39 bits per heavy atom. The Morgan fingerprint density at radius 1 is 0.964 bits per heavy atom. The Hall–Kier alpha value is -2.73. The van der Waals surface area contributed by atoms with Gasteiger partial charge in [0.2, 0.25) is 0 Å². The molecule has 0 aromatic heterocycles. The third-order valence-electron chi connectivity index (χ3n) is 4.29. The average molecular weight is 385 g/mol. The number of hydrogen-bond donors (Lipinski definition) is 2. The van der Waals surface area contributed by atoms with Gasteiger partial charge in [0.1, 0.15) is 0 Å². The van der Waals surface area contributed by atoms with Crippen LogP contribution >= 0.6 is 0 Å². The van der Waals surface area contributed by atoms with Crippen LogP contribution in [0.4, 0.5) is 0 Å². The fraction of sp³-hybridized carbons (Fsp3) is 0.409. The molecule has 2 N–H and O–H groups in total. The number of methoxy groups -OCH3 is 2. The summed E-state index contributed by atoms with van der Waals surface area (Å²) < 4.78 is 10.6. The van der Waals surface area contributed by atoms with Crippen molar-refractivity contribution in [1.82, 2.24) is 15.5 Å². The fourth-order valence-corrected chi connectivity index (χ4v) is 2.83. The van der Waals surface area contributed by atoms with Gasteiger partial charge in [0.25, 0.3) is 0 Å². The Bertz CT molecular complexity index is 735.